The standard InChI is InChI=1S/C14H19N5O2/c1-18(2)8-3-9-19-13(12(14(20)21)16-17-19)10-4-6-11(15)7-5-10/h4-7H,3,8-9,15H2,1-2H3,(H,20,21). The van der Waals surface area contributed by atoms with E-state index in [2.05, 4.69) is 15.2 Å². The van der Waals surface area contributed by atoms with Crippen LogP contribution in [0.15, 0.2) is 24.3 Å². The Kier molecular flexibility index (Phi) is 4.54. The van der Waals surface area contributed by atoms with Crippen LogP contribution in [0.4, 0.5) is 5.69 Å². The van der Waals surface area contributed by atoms with Gasteiger partial charge >= 0.3 is 5.97 Å². The van der Waals surface area contributed by atoms with Gasteiger partial charge in [0.2, 0.25) is 0 Å². The third-order valence-electron chi connectivity index (χ3n) is 3.10. The maximum absolute atomic E-state index is 11.3. The van der Waals surface area contributed by atoms with Gasteiger partial charge in [0.1, 0.15) is 5.69 Å². The van der Waals surface area contributed by atoms with Gasteiger partial charge in [-0.3, -0.25) is 0 Å². The number of carboxylic acids is 1. The summed E-state index contributed by atoms with van der Waals surface area (Å²) in [6.07, 6.45) is 0.859. The summed E-state index contributed by atoms with van der Waals surface area (Å²) in [5.74, 6) is -1.08. The van der Waals surface area contributed by atoms with Crippen LogP contribution in [0.2, 0.25) is 0 Å². The van der Waals surface area contributed by atoms with E-state index in [9.17, 15) is 9.90 Å². The lowest BCUT2D eigenvalue weighted by Crippen LogP contribution is -2.16. The molecule has 2 aromatic rings. The summed E-state index contributed by atoms with van der Waals surface area (Å²) < 4.78 is 1.64. The number of nitrogen functional groups attached to an aromatic ring is 1. The lowest BCUT2D eigenvalue weighted by Gasteiger charge is -2.11. The van der Waals surface area contributed by atoms with Gasteiger partial charge in [-0.2, -0.15) is 0 Å². The summed E-state index contributed by atoms with van der Waals surface area (Å²) in [7, 11) is 3.98. The Hall–Kier alpha value is -2.41. The van der Waals surface area contributed by atoms with Crippen molar-refractivity contribution in [2.45, 2.75) is 13.0 Å². The van der Waals surface area contributed by atoms with Crippen LogP contribution >= 0.6 is 0 Å². The number of aromatic carboxylic acids is 1. The van der Waals surface area contributed by atoms with Crippen LogP contribution in [0.25, 0.3) is 11.3 Å². The Labute approximate surface area is 123 Å². The fourth-order valence-corrected chi connectivity index (χ4v) is 2.08. The van der Waals surface area contributed by atoms with Crippen LogP contribution in [-0.4, -0.2) is 51.6 Å². The summed E-state index contributed by atoms with van der Waals surface area (Å²) in [4.78, 5) is 13.4. The quantitative estimate of drug-likeness (QED) is 0.775. The molecule has 0 fully saturated rings. The average molecular weight is 289 g/mol. The average Bonchev–Trinajstić information content (AvgIpc) is 2.83. The molecule has 0 aliphatic rings. The minimum Gasteiger partial charge on any atom is -0.476 e. The third-order valence-corrected chi connectivity index (χ3v) is 3.10. The van der Waals surface area contributed by atoms with Crippen LogP contribution < -0.4 is 5.73 Å². The normalized spacial score (nSPS) is 11.0. The van der Waals surface area contributed by atoms with Gasteiger partial charge in [-0.05, 0) is 39.2 Å². The highest BCUT2D eigenvalue weighted by atomic mass is 16.4. The van der Waals surface area contributed by atoms with Crippen LogP contribution in [0.5, 0.6) is 0 Å². The van der Waals surface area contributed by atoms with Gasteiger partial charge in [0.25, 0.3) is 0 Å². The molecule has 0 aliphatic heterocycles. The number of aryl methyl sites for hydroxylation is 1. The molecule has 0 atom stereocenters. The van der Waals surface area contributed by atoms with Crippen LogP contribution in [0.3, 0.4) is 0 Å². The van der Waals surface area contributed by atoms with E-state index in [1.165, 1.54) is 0 Å². The van der Waals surface area contributed by atoms with Gasteiger partial charge in [0.15, 0.2) is 5.69 Å². The number of rotatable bonds is 6. The molecule has 0 saturated heterocycles. The first kappa shape index (κ1) is 15.0. The molecule has 1 aromatic carbocycles. The topological polar surface area (TPSA) is 97.3 Å². The van der Waals surface area contributed by atoms with Crippen molar-refractivity contribution in [3.05, 3.63) is 30.0 Å². The predicted octanol–water partition coefficient (Wildman–Crippen LogP) is 1.18. The van der Waals surface area contributed by atoms with Gasteiger partial charge in [0.05, 0.1) is 0 Å². The molecule has 7 heteroatoms. The van der Waals surface area contributed by atoms with E-state index in [0.29, 0.717) is 17.9 Å². The molecule has 0 radical (unpaired) electrons. The minimum absolute atomic E-state index is 0.0374. The molecule has 0 unspecified atom stereocenters. The second-order valence-electron chi connectivity index (χ2n) is 5.09. The lowest BCUT2D eigenvalue weighted by molar-refractivity contribution is 0.0691. The summed E-state index contributed by atoms with van der Waals surface area (Å²) in [5.41, 5.74) is 7.52. The van der Waals surface area contributed by atoms with E-state index in [4.69, 9.17) is 5.73 Å². The highest BCUT2D eigenvalue weighted by molar-refractivity contribution is 5.92. The molecule has 0 bridgehead atoms. The zero-order valence-electron chi connectivity index (χ0n) is 12.2. The van der Waals surface area contributed by atoms with Crippen LogP contribution in [-0.2, 0) is 6.54 Å². The van der Waals surface area contributed by atoms with E-state index in [-0.39, 0.29) is 5.69 Å². The zero-order chi connectivity index (χ0) is 15.4. The summed E-state index contributed by atoms with van der Waals surface area (Å²) in [6, 6.07) is 7.03. The Balaban J connectivity index is 2.33. The number of hydrogen-bond donors (Lipinski definition) is 2. The van der Waals surface area contributed by atoms with Gasteiger partial charge in [0, 0.05) is 17.8 Å². The number of anilines is 1. The van der Waals surface area contributed by atoms with Crippen LogP contribution in [0.1, 0.15) is 16.9 Å². The molecular weight excluding hydrogens is 270 g/mol. The summed E-state index contributed by atoms with van der Waals surface area (Å²) >= 11 is 0. The highest BCUT2D eigenvalue weighted by Crippen LogP contribution is 2.23. The van der Waals surface area contributed by atoms with Crippen molar-refractivity contribution < 1.29 is 9.90 Å². The first-order valence-corrected chi connectivity index (χ1v) is 6.66. The van der Waals surface area contributed by atoms with Crippen molar-refractivity contribution in [3.63, 3.8) is 0 Å². The van der Waals surface area contributed by atoms with E-state index in [1.54, 1.807) is 28.9 Å². The number of hydrogen-bond acceptors (Lipinski definition) is 5. The molecule has 2 rings (SSSR count). The largest absolute Gasteiger partial charge is 0.476 e. The molecule has 112 valence electrons. The van der Waals surface area contributed by atoms with Gasteiger partial charge in [-0.1, -0.05) is 17.3 Å². The van der Waals surface area contributed by atoms with E-state index in [0.717, 1.165) is 18.5 Å². The Morgan fingerprint density at radius 2 is 2.00 bits per heavy atom. The fraction of sp³-hybridized carbons (Fsp3) is 0.357. The van der Waals surface area contributed by atoms with E-state index >= 15 is 0 Å². The third kappa shape index (κ3) is 3.57. The maximum Gasteiger partial charge on any atom is 0.358 e. The van der Waals surface area contributed by atoms with Gasteiger partial charge < -0.3 is 15.7 Å². The van der Waals surface area contributed by atoms with Crippen LogP contribution in [0, 0.1) is 0 Å². The highest BCUT2D eigenvalue weighted by Gasteiger charge is 2.20. The Bertz CT molecular complexity index is 619. The summed E-state index contributed by atoms with van der Waals surface area (Å²) in [6.45, 7) is 1.50. The fourth-order valence-electron chi connectivity index (χ4n) is 2.08. The maximum atomic E-state index is 11.3. The van der Waals surface area contributed by atoms with Gasteiger partial charge in [-0.25, -0.2) is 9.48 Å². The summed E-state index contributed by atoms with van der Waals surface area (Å²) in [5, 5.41) is 17.0. The monoisotopic (exact) mass is 289 g/mol. The number of nitrogens with zero attached hydrogens (tertiary/aromatic N) is 4. The zero-order valence-corrected chi connectivity index (χ0v) is 12.2. The van der Waals surface area contributed by atoms with Crippen molar-refractivity contribution in [3.8, 4) is 11.3 Å². The van der Waals surface area contributed by atoms with Crippen molar-refractivity contribution >= 4 is 11.7 Å². The molecule has 1 heterocycles. The smallest absolute Gasteiger partial charge is 0.358 e. The molecule has 7 nitrogen and oxygen atoms in total. The molecule has 0 spiro atoms. The first-order chi connectivity index (χ1) is 9.99. The lowest BCUT2D eigenvalue weighted by atomic mass is 10.1. The SMILES string of the molecule is CN(C)CCCn1nnc(C(=O)O)c1-c1ccc(N)cc1. The van der Waals surface area contributed by atoms with E-state index in [1.807, 2.05) is 14.1 Å². The van der Waals surface area contributed by atoms with Crippen molar-refractivity contribution in [2.75, 3.05) is 26.4 Å². The number of carbonyl (C=O) groups is 1. The molecule has 3 N–H and O–H groups in total. The number of nitrogens with two attached hydrogens (primary N) is 1. The number of benzene rings is 1. The second kappa shape index (κ2) is 6.36. The molecule has 1 aromatic heterocycles. The molecule has 21 heavy (non-hydrogen) atoms. The molecular formula is C14H19N5O2. The number of aromatic nitrogens is 3. The first-order valence-electron chi connectivity index (χ1n) is 6.66. The van der Waals surface area contributed by atoms with Crippen molar-refractivity contribution in [1.29, 1.82) is 0 Å². The van der Waals surface area contributed by atoms with Crippen molar-refractivity contribution in [1.82, 2.24) is 19.9 Å². The van der Waals surface area contributed by atoms with E-state index < -0.39 is 5.97 Å². The molecule has 0 saturated carbocycles. The molecule has 0 aliphatic carbocycles. The Morgan fingerprint density at radius 3 is 2.57 bits per heavy atom. The Morgan fingerprint density at radius 1 is 1.33 bits per heavy atom. The van der Waals surface area contributed by atoms with Crippen molar-refractivity contribution in [2.24, 2.45) is 0 Å². The minimum atomic E-state index is -1.08. The predicted molar refractivity (Wildman–Crippen MR) is 80.0 cm³/mol. The van der Waals surface area contributed by atoms with Gasteiger partial charge in [-0.15, -0.1) is 5.10 Å². The number of carboxylic acid groups (broad SMARTS) is 1. The molecule has 0 amide bonds. The second-order valence-corrected chi connectivity index (χ2v) is 5.09.